The number of carbonyl (C=O) groups is 3. The van der Waals surface area contributed by atoms with Crippen LogP contribution in [0.5, 0.6) is 5.88 Å². The highest BCUT2D eigenvalue weighted by atomic mass is 19.4. The molecule has 0 bridgehead atoms. The Morgan fingerprint density at radius 2 is 1.74 bits per heavy atom. The van der Waals surface area contributed by atoms with E-state index in [1.54, 1.807) is 24.3 Å². The molecule has 4 rings (SSSR count). The molecule has 1 fully saturated rings. The topological polar surface area (TPSA) is 79.8 Å². The maximum Gasteiger partial charge on any atom is 0.416 e. The van der Waals surface area contributed by atoms with E-state index < -0.39 is 17.8 Å². The zero-order valence-electron chi connectivity index (χ0n) is 16.3. The van der Waals surface area contributed by atoms with E-state index in [0.29, 0.717) is 17.5 Å². The van der Waals surface area contributed by atoms with Crippen molar-refractivity contribution < 1.29 is 32.3 Å². The molecule has 2 aliphatic rings. The quantitative estimate of drug-likeness (QED) is 0.655. The van der Waals surface area contributed by atoms with Crippen LogP contribution in [-0.4, -0.2) is 58.2 Å². The third-order valence-electron chi connectivity index (χ3n) is 5.20. The zero-order chi connectivity index (χ0) is 22.2. The standard InChI is InChI=1S/C21H18F3N3O4/c22-21(23,24)13-7-8-25-17(10-13)31-14-11-26(12-14)18(28)6-3-9-27-19(29)15-4-1-2-5-16(15)20(27)30/h1-2,4-5,7-8,10,14H,3,6,9,11-12H2. The molecule has 31 heavy (non-hydrogen) atoms. The summed E-state index contributed by atoms with van der Waals surface area (Å²) in [4.78, 5) is 43.3. The highest BCUT2D eigenvalue weighted by molar-refractivity contribution is 6.21. The van der Waals surface area contributed by atoms with Gasteiger partial charge in [-0.1, -0.05) is 12.1 Å². The molecule has 0 radical (unpaired) electrons. The van der Waals surface area contributed by atoms with Crippen LogP contribution in [0.4, 0.5) is 13.2 Å². The summed E-state index contributed by atoms with van der Waals surface area (Å²) in [5.74, 6) is -1.04. The Kier molecular flexibility index (Phi) is 5.38. The second kappa shape index (κ2) is 8.01. The van der Waals surface area contributed by atoms with Crippen LogP contribution >= 0.6 is 0 Å². The molecule has 1 saturated heterocycles. The van der Waals surface area contributed by atoms with Gasteiger partial charge in [-0.15, -0.1) is 0 Å². The summed E-state index contributed by atoms with van der Waals surface area (Å²) in [6, 6.07) is 8.26. The van der Waals surface area contributed by atoms with Crippen molar-refractivity contribution in [1.29, 1.82) is 0 Å². The molecule has 0 N–H and O–H groups in total. The Morgan fingerprint density at radius 1 is 1.10 bits per heavy atom. The van der Waals surface area contributed by atoms with Gasteiger partial charge in [0.05, 0.1) is 29.8 Å². The van der Waals surface area contributed by atoms with Crippen molar-refractivity contribution in [3.63, 3.8) is 0 Å². The van der Waals surface area contributed by atoms with Crippen molar-refractivity contribution in [3.8, 4) is 5.88 Å². The lowest BCUT2D eigenvalue weighted by molar-refractivity contribution is -0.140. The third-order valence-corrected chi connectivity index (χ3v) is 5.20. The Labute approximate surface area is 175 Å². The Hall–Kier alpha value is -3.43. The van der Waals surface area contributed by atoms with Crippen LogP contribution < -0.4 is 4.74 Å². The molecule has 0 unspecified atom stereocenters. The Morgan fingerprint density at radius 3 is 2.35 bits per heavy atom. The van der Waals surface area contributed by atoms with Gasteiger partial charge in [0.25, 0.3) is 11.8 Å². The molecule has 162 valence electrons. The van der Waals surface area contributed by atoms with Gasteiger partial charge in [0.15, 0.2) is 0 Å². The predicted octanol–water partition coefficient (Wildman–Crippen LogP) is 2.77. The number of likely N-dealkylation sites (tertiary alicyclic amines) is 1. The number of alkyl halides is 3. The third kappa shape index (κ3) is 4.23. The normalized spacial score (nSPS) is 16.4. The summed E-state index contributed by atoms with van der Waals surface area (Å²) >= 11 is 0. The van der Waals surface area contributed by atoms with E-state index in [2.05, 4.69) is 4.98 Å². The highest BCUT2D eigenvalue weighted by Crippen LogP contribution is 2.31. The van der Waals surface area contributed by atoms with E-state index in [0.717, 1.165) is 23.2 Å². The van der Waals surface area contributed by atoms with Gasteiger partial charge in [0.2, 0.25) is 11.8 Å². The fourth-order valence-corrected chi connectivity index (χ4v) is 3.53. The molecular weight excluding hydrogens is 415 g/mol. The lowest BCUT2D eigenvalue weighted by Gasteiger charge is -2.38. The van der Waals surface area contributed by atoms with Gasteiger partial charge < -0.3 is 9.64 Å². The second-order valence-corrected chi connectivity index (χ2v) is 7.33. The molecule has 2 aromatic rings. The predicted molar refractivity (Wildman–Crippen MR) is 101 cm³/mol. The van der Waals surface area contributed by atoms with Crippen LogP contribution in [-0.2, 0) is 11.0 Å². The summed E-state index contributed by atoms with van der Waals surface area (Å²) < 4.78 is 43.6. The monoisotopic (exact) mass is 433 g/mol. The largest absolute Gasteiger partial charge is 0.471 e. The number of fused-ring (bicyclic) bond motifs is 1. The molecule has 0 saturated carbocycles. The van der Waals surface area contributed by atoms with Gasteiger partial charge in [-0.3, -0.25) is 19.3 Å². The lowest BCUT2D eigenvalue weighted by Crippen LogP contribution is -2.56. The summed E-state index contributed by atoms with van der Waals surface area (Å²) in [5.41, 5.74) is -0.118. The molecule has 1 aromatic carbocycles. The molecule has 10 heteroatoms. The second-order valence-electron chi connectivity index (χ2n) is 7.33. The van der Waals surface area contributed by atoms with Crippen LogP contribution in [0.25, 0.3) is 0 Å². The number of carbonyl (C=O) groups excluding carboxylic acids is 3. The molecule has 0 aliphatic carbocycles. The smallest absolute Gasteiger partial charge is 0.416 e. The average molecular weight is 433 g/mol. The number of hydrogen-bond donors (Lipinski definition) is 0. The van der Waals surface area contributed by atoms with Crippen LogP contribution in [0, 0.1) is 0 Å². The number of imide groups is 1. The minimum atomic E-state index is -4.48. The van der Waals surface area contributed by atoms with Crippen molar-refractivity contribution in [3.05, 3.63) is 59.3 Å². The molecule has 3 amide bonds. The lowest BCUT2D eigenvalue weighted by atomic mass is 10.1. The Bertz CT molecular complexity index is 1000. The number of benzene rings is 1. The number of halogens is 3. The van der Waals surface area contributed by atoms with Crippen molar-refractivity contribution in [2.24, 2.45) is 0 Å². The molecule has 7 nitrogen and oxygen atoms in total. The van der Waals surface area contributed by atoms with Gasteiger partial charge >= 0.3 is 6.18 Å². The molecule has 1 aromatic heterocycles. The first kappa shape index (κ1) is 20.8. The number of aromatic nitrogens is 1. The van der Waals surface area contributed by atoms with Crippen molar-refractivity contribution >= 4 is 17.7 Å². The fraction of sp³-hybridized carbons (Fsp3) is 0.333. The fourth-order valence-electron chi connectivity index (χ4n) is 3.53. The van der Waals surface area contributed by atoms with Gasteiger partial charge in [0, 0.05) is 25.2 Å². The van der Waals surface area contributed by atoms with E-state index in [1.165, 1.54) is 4.90 Å². The number of amides is 3. The molecule has 3 heterocycles. The van der Waals surface area contributed by atoms with E-state index in [-0.39, 0.29) is 49.7 Å². The summed E-state index contributed by atoms with van der Waals surface area (Å²) in [7, 11) is 0. The van der Waals surface area contributed by atoms with Crippen molar-refractivity contribution in [1.82, 2.24) is 14.8 Å². The summed E-state index contributed by atoms with van der Waals surface area (Å²) in [6.45, 7) is 0.619. The van der Waals surface area contributed by atoms with E-state index in [4.69, 9.17) is 4.74 Å². The first-order valence-corrected chi connectivity index (χ1v) is 9.67. The average Bonchev–Trinajstić information content (AvgIpc) is 2.95. The Balaban J connectivity index is 1.22. The molecule has 2 aliphatic heterocycles. The maximum atomic E-state index is 12.7. The first-order valence-electron chi connectivity index (χ1n) is 9.67. The van der Waals surface area contributed by atoms with Crippen molar-refractivity contribution in [2.75, 3.05) is 19.6 Å². The molecule has 0 spiro atoms. The molecule has 0 atom stereocenters. The van der Waals surface area contributed by atoms with Crippen LogP contribution in [0.2, 0.25) is 0 Å². The first-order chi connectivity index (χ1) is 14.7. The minimum absolute atomic E-state index is 0.139. The highest BCUT2D eigenvalue weighted by Gasteiger charge is 2.36. The summed E-state index contributed by atoms with van der Waals surface area (Å²) in [5, 5.41) is 0. The van der Waals surface area contributed by atoms with Crippen LogP contribution in [0.1, 0.15) is 39.1 Å². The van der Waals surface area contributed by atoms with Crippen molar-refractivity contribution in [2.45, 2.75) is 25.1 Å². The number of hydrogen-bond acceptors (Lipinski definition) is 5. The van der Waals surface area contributed by atoms with Gasteiger partial charge in [-0.05, 0) is 24.6 Å². The van der Waals surface area contributed by atoms with Gasteiger partial charge in [0.1, 0.15) is 6.10 Å². The minimum Gasteiger partial charge on any atom is -0.471 e. The maximum absolute atomic E-state index is 12.7. The SMILES string of the molecule is O=C(CCCN1C(=O)c2ccccc2C1=O)N1CC(Oc2cc(C(F)(F)F)ccn2)C1. The summed E-state index contributed by atoms with van der Waals surface area (Å²) in [6.07, 6.45) is -3.43. The van der Waals surface area contributed by atoms with E-state index in [9.17, 15) is 27.6 Å². The number of pyridine rings is 1. The van der Waals surface area contributed by atoms with E-state index in [1.807, 2.05) is 0 Å². The number of nitrogens with zero attached hydrogens (tertiary/aromatic N) is 3. The number of ether oxygens (including phenoxy) is 1. The van der Waals surface area contributed by atoms with Crippen LogP contribution in [0.15, 0.2) is 42.6 Å². The van der Waals surface area contributed by atoms with Gasteiger partial charge in [-0.25, -0.2) is 4.98 Å². The molecular formula is C21H18F3N3O4. The zero-order valence-corrected chi connectivity index (χ0v) is 16.3. The van der Waals surface area contributed by atoms with Gasteiger partial charge in [-0.2, -0.15) is 13.2 Å². The van der Waals surface area contributed by atoms with Crippen LogP contribution in [0.3, 0.4) is 0 Å². The number of rotatable bonds is 6. The van der Waals surface area contributed by atoms with E-state index >= 15 is 0 Å².